The number of hydrogen-bond acceptors (Lipinski definition) is 10. The monoisotopic (exact) mass is 902 g/mol. The molecule has 0 aromatic heterocycles. The van der Waals surface area contributed by atoms with Gasteiger partial charge in [0.05, 0.1) is 35.8 Å². The summed E-state index contributed by atoms with van der Waals surface area (Å²) in [6, 6.07) is 44.4. The molecule has 6 aromatic carbocycles. The van der Waals surface area contributed by atoms with E-state index < -0.39 is 31.9 Å². The van der Waals surface area contributed by atoms with Gasteiger partial charge in [-0.15, -0.1) is 0 Å². The van der Waals surface area contributed by atoms with Crippen molar-refractivity contribution in [3.8, 4) is 33.8 Å². The Balaban J connectivity index is 0.000000191. The molecule has 0 aliphatic heterocycles. The maximum atomic E-state index is 11.4. The Bertz CT molecular complexity index is 2570. The topological polar surface area (TPSA) is 151 Å². The van der Waals surface area contributed by atoms with Crippen molar-refractivity contribution in [2.75, 3.05) is 37.1 Å². The van der Waals surface area contributed by atoms with Gasteiger partial charge in [0, 0.05) is 38.4 Å². The minimum atomic E-state index is -3.04. The van der Waals surface area contributed by atoms with Crippen LogP contribution in [0.25, 0.3) is 22.3 Å². The predicted molar refractivity (Wildman–Crippen MR) is 255 cm³/mol. The summed E-state index contributed by atoms with van der Waals surface area (Å²) in [6.45, 7) is 5.79. The molecule has 8 rings (SSSR count). The van der Waals surface area contributed by atoms with Gasteiger partial charge in [0.15, 0.2) is 0 Å². The van der Waals surface area contributed by atoms with Gasteiger partial charge < -0.3 is 30.3 Å². The van der Waals surface area contributed by atoms with E-state index in [0.29, 0.717) is 39.1 Å². The molecule has 0 fully saturated rings. The minimum absolute atomic E-state index is 0.0497. The maximum absolute atomic E-state index is 11.4. The molecule has 0 spiro atoms. The zero-order chi connectivity index (χ0) is 45.4. The summed E-state index contributed by atoms with van der Waals surface area (Å²) < 4.78 is 57.7. The Hall–Kier alpha value is -5.34. The molecule has 64 heavy (non-hydrogen) atoms. The first-order valence-electron chi connectivity index (χ1n) is 21.6. The number of rotatable bonds is 16. The largest absolute Gasteiger partial charge is 0.489 e. The molecule has 0 radical (unpaired) electrons. The molecule has 4 N–H and O–H groups in total. The Labute approximate surface area is 378 Å². The fraction of sp³-hybridized carbons (Fsp3) is 0.308. The molecule has 10 nitrogen and oxygen atoms in total. The lowest BCUT2D eigenvalue weighted by molar-refractivity contribution is 0.142. The molecule has 2 aliphatic carbocycles. The third kappa shape index (κ3) is 12.1. The van der Waals surface area contributed by atoms with Crippen molar-refractivity contribution < 1.29 is 36.5 Å². The highest BCUT2D eigenvalue weighted by atomic mass is 32.2. The molecular formula is C52H58N2O8S2. The summed E-state index contributed by atoms with van der Waals surface area (Å²) in [7, 11) is -6.08. The smallest absolute Gasteiger partial charge is 0.148 e. The van der Waals surface area contributed by atoms with Crippen molar-refractivity contribution >= 4 is 19.7 Å². The van der Waals surface area contributed by atoms with E-state index in [4.69, 9.17) is 9.47 Å². The highest BCUT2D eigenvalue weighted by molar-refractivity contribution is 7.90. The number of aliphatic hydroxyl groups excluding tert-OH is 2. The fourth-order valence-corrected chi connectivity index (χ4v) is 9.54. The van der Waals surface area contributed by atoms with Gasteiger partial charge in [0.25, 0.3) is 0 Å². The van der Waals surface area contributed by atoms with Crippen molar-refractivity contribution in [1.29, 1.82) is 0 Å². The lowest BCUT2D eigenvalue weighted by Crippen LogP contribution is -2.32. The first-order valence-corrected chi connectivity index (χ1v) is 25.7. The number of nitrogens with one attached hydrogen (secondary N) is 2. The first-order chi connectivity index (χ1) is 30.6. The Morgan fingerprint density at radius 2 is 0.922 bits per heavy atom. The van der Waals surface area contributed by atoms with Crippen molar-refractivity contribution in [3.63, 3.8) is 0 Å². The minimum Gasteiger partial charge on any atom is -0.489 e. The lowest BCUT2D eigenvalue weighted by atomic mass is 9.97. The molecule has 4 atom stereocenters. The zero-order valence-corrected chi connectivity index (χ0v) is 38.5. The molecule has 2 aliphatic rings. The second-order valence-corrected chi connectivity index (χ2v) is 21.4. The van der Waals surface area contributed by atoms with E-state index in [1.807, 2.05) is 72.8 Å². The van der Waals surface area contributed by atoms with Gasteiger partial charge in [-0.05, 0) is 105 Å². The summed E-state index contributed by atoms with van der Waals surface area (Å²) in [4.78, 5) is 0. The van der Waals surface area contributed by atoms with Gasteiger partial charge in [0.1, 0.15) is 44.4 Å². The van der Waals surface area contributed by atoms with Crippen LogP contribution in [-0.2, 0) is 45.7 Å². The molecule has 0 bridgehead atoms. The van der Waals surface area contributed by atoms with Crippen LogP contribution in [-0.4, -0.2) is 76.4 Å². The van der Waals surface area contributed by atoms with Crippen LogP contribution in [0.5, 0.6) is 11.5 Å². The van der Waals surface area contributed by atoms with Gasteiger partial charge in [-0.25, -0.2) is 16.8 Å². The van der Waals surface area contributed by atoms with E-state index in [-0.39, 0.29) is 23.6 Å². The van der Waals surface area contributed by atoms with Crippen LogP contribution in [0.1, 0.15) is 56.6 Å². The maximum Gasteiger partial charge on any atom is 0.148 e. The van der Waals surface area contributed by atoms with Crippen LogP contribution in [0, 0.1) is 13.8 Å². The van der Waals surface area contributed by atoms with Gasteiger partial charge >= 0.3 is 0 Å². The van der Waals surface area contributed by atoms with Crippen molar-refractivity contribution in [2.45, 2.75) is 64.2 Å². The van der Waals surface area contributed by atoms with Gasteiger partial charge in [0.2, 0.25) is 0 Å². The van der Waals surface area contributed by atoms with Crippen LogP contribution < -0.4 is 20.1 Å². The second-order valence-electron chi connectivity index (χ2n) is 16.9. The molecular weight excluding hydrogens is 845 g/mol. The van der Waals surface area contributed by atoms with Crippen LogP contribution >= 0.6 is 0 Å². The van der Waals surface area contributed by atoms with Crippen LogP contribution in [0.4, 0.5) is 0 Å². The summed E-state index contributed by atoms with van der Waals surface area (Å²) in [6.07, 6.45) is 2.31. The molecule has 0 saturated heterocycles. The fourth-order valence-electron chi connectivity index (χ4n) is 8.56. The number of hydrogen-bond donors (Lipinski definition) is 4. The Morgan fingerprint density at radius 1 is 0.531 bits per heavy atom. The van der Waals surface area contributed by atoms with Crippen molar-refractivity contribution in [1.82, 2.24) is 10.6 Å². The third-order valence-corrected chi connectivity index (χ3v) is 13.9. The first kappa shape index (κ1) is 46.6. The molecule has 0 saturated carbocycles. The van der Waals surface area contributed by atoms with E-state index in [1.54, 1.807) is 0 Å². The molecule has 6 aromatic rings. The molecule has 0 amide bonds. The van der Waals surface area contributed by atoms with Gasteiger partial charge in [-0.1, -0.05) is 109 Å². The summed E-state index contributed by atoms with van der Waals surface area (Å²) >= 11 is 0. The normalized spacial score (nSPS) is 17.8. The molecule has 12 heteroatoms. The summed E-state index contributed by atoms with van der Waals surface area (Å²) in [5, 5.41) is 27.3. The number of sulfone groups is 2. The number of fused-ring (bicyclic) bond motifs is 2. The van der Waals surface area contributed by atoms with Crippen LogP contribution in [0.2, 0.25) is 0 Å². The van der Waals surface area contributed by atoms with Gasteiger partial charge in [-0.3, -0.25) is 0 Å². The van der Waals surface area contributed by atoms with E-state index in [9.17, 15) is 27.0 Å². The second kappa shape index (κ2) is 20.7. The average molecular weight is 903 g/mol. The van der Waals surface area contributed by atoms with E-state index >= 15 is 0 Å². The predicted octanol–water partition coefficient (Wildman–Crippen LogP) is 7.67. The van der Waals surface area contributed by atoms with Crippen LogP contribution in [0.3, 0.4) is 0 Å². The third-order valence-electron chi connectivity index (χ3n) is 12.1. The molecule has 336 valence electrons. The summed E-state index contributed by atoms with van der Waals surface area (Å²) in [5.41, 5.74) is 13.5. The molecule has 0 heterocycles. The average Bonchev–Trinajstić information content (AvgIpc) is 3.75. The lowest BCUT2D eigenvalue weighted by Gasteiger charge is -2.18. The van der Waals surface area contributed by atoms with E-state index in [2.05, 4.69) is 85.1 Å². The zero-order valence-electron chi connectivity index (χ0n) is 36.8. The van der Waals surface area contributed by atoms with Gasteiger partial charge in [-0.2, -0.15) is 0 Å². The Kier molecular flexibility index (Phi) is 15.1. The molecule has 0 unspecified atom stereocenters. The highest BCUT2D eigenvalue weighted by Gasteiger charge is 2.32. The quantitative estimate of drug-likeness (QED) is 0.0763. The van der Waals surface area contributed by atoms with Crippen molar-refractivity contribution in [2.24, 2.45) is 0 Å². The number of benzene rings is 6. The summed E-state index contributed by atoms with van der Waals surface area (Å²) in [5.74, 6) is 1.62. The van der Waals surface area contributed by atoms with Crippen LogP contribution in [0.15, 0.2) is 133 Å². The SMILES string of the molecule is Cc1c(COc2ccc3c(c2)C[C@H](O)[C@@H]3NCCS(C)(=O)=O)cccc1-c1ccccc1.Cc1c(COc2ccc3c(c2)C[C@H](O)[C@H]3NCCS(C)(=O)=O)cccc1-c1ccccc1. The van der Waals surface area contributed by atoms with E-state index in [1.165, 1.54) is 45.9 Å². The highest BCUT2D eigenvalue weighted by Crippen LogP contribution is 2.36. The standard InChI is InChI=1S/2C26H29NO4S/c2*1-18-20(9-6-10-23(18)19-7-4-3-5-8-19)17-31-22-11-12-24-21(15-22)16-25(28)26(24)27-13-14-32(2,29)30/h2*3-12,15,25-28H,13-14,16-17H2,1-2H3/t25-,26+;25-,26-/m00/s1. The van der Waals surface area contributed by atoms with Crippen molar-refractivity contribution in [3.05, 3.63) is 178 Å². The number of ether oxygens (including phenoxy) is 2. The van der Waals surface area contributed by atoms with E-state index in [0.717, 1.165) is 44.9 Å². The number of aliphatic hydroxyl groups is 2. The Morgan fingerprint density at radius 3 is 1.30 bits per heavy atom.